The fourth-order valence-electron chi connectivity index (χ4n) is 3.22. The van der Waals surface area contributed by atoms with Gasteiger partial charge in [0.05, 0.1) is 5.69 Å². The summed E-state index contributed by atoms with van der Waals surface area (Å²) in [4.78, 5) is 2.58. The number of anilines is 1. The fraction of sp³-hybridized carbons (Fsp3) is 0.625. The highest BCUT2D eigenvalue weighted by molar-refractivity contribution is 9.10. The quantitative estimate of drug-likeness (QED) is 0.892. The maximum absolute atomic E-state index is 3.78. The molecular weight excluding hydrogens is 300 g/mol. The van der Waals surface area contributed by atoms with Gasteiger partial charge in [-0.3, -0.25) is 0 Å². The van der Waals surface area contributed by atoms with Crippen molar-refractivity contribution in [1.82, 2.24) is 5.32 Å². The summed E-state index contributed by atoms with van der Waals surface area (Å²) in [6.07, 6.45) is 2.78. The number of rotatable bonds is 2. The third-order valence-electron chi connectivity index (χ3n) is 4.72. The Hall–Kier alpha value is -0.540. The highest BCUT2D eigenvalue weighted by Gasteiger charge is 2.45. The maximum atomic E-state index is 3.78. The largest absolute Gasteiger partial charge is 0.365 e. The Kier molecular flexibility index (Phi) is 3.38. The van der Waals surface area contributed by atoms with Crippen LogP contribution in [0.5, 0.6) is 0 Å². The molecule has 1 heterocycles. The smallest absolute Gasteiger partial charge is 0.0516 e. The average Bonchev–Trinajstić information content (AvgIpc) is 3.20. The minimum atomic E-state index is 0.287. The molecule has 1 saturated carbocycles. The van der Waals surface area contributed by atoms with Gasteiger partial charge in [-0.15, -0.1) is 0 Å². The molecule has 0 aromatic heterocycles. The van der Waals surface area contributed by atoms with Gasteiger partial charge in [-0.1, -0.05) is 6.07 Å². The molecule has 0 amide bonds. The molecule has 2 fully saturated rings. The molecule has 0 spiro atoms. The summed E-state index contributed by atoms with van der Waals surface area (Å²) in [5.41, 5.74) is 2.97. The van der Waals surface area contributed by atoms with Gasteiger partial charge < -0.3 is 10.2 Å². The Morgan fingerprint density at radius 1 is 1.37 bits per heavy atom. The van der Waals surface area contributed by atoms with Crippen LogP contribution in [0, 0.1) is 12.8 Å². The van der Waals surface area contributed by atoms with E-state index in [4.69, 9.17) is 0 Å². The molecule has 1 aromatic rings. The van der Waals surface area contributed by atoms with Crippen LogP contribution in [0.1, 0.15) is 32.3 Å². The van der Waals surface area contributed by atoms with Crippen molar-refractivity contribution in [2.24, 2.45) is 5.92 Å². The van der Waals surface area contributed by atoms with Crippen LogP contribution in [0.2, 0.25) is 0 Å². The summed E-state index contributed by atoms with van der Waals surface area (Å²) < 4.78 is 1.21. The van der Waals surface area contributed by atoms with Crippen LogP contribution in [0.15, 0.2) is 22.7 Å². The van der Waals surface area contributed by atoms with E-state index in [1.54, 1.807) is 0 Å². The van der Waals surface area contributed by atoms with Gasteiger partial charge in [-0.2, -0.15) is 0 Å². The molecule has 104 valence electrons. The van der Waals surface area contributed by atoms with Crippen LogP contribution in [-0.4, -0.2) is 24.7 Å². The molecule has 2 aliphatic rings. The number of hydrogen-bond acceptors (Lipinski definition) is 2. The summed E-state index contributed by atoms with van der Waals surface area (Å²) in [6.45, 7) is 9.07. The van der Waals surface area contributed by atoms with E-state index >= 15 is 0 Å². The summed E-state index contributed by atoms with van der Waals surface area (Å²) in [7, 11) is 0. The first-order chi connectivity index (χ1) is 8.99. The summed E-state index contributed by atoms with van der Waals surface area (Å²) in [5.74, 6) is 0.867. The number of hydrogen-bond donors (Lipinski definition) is 1. The first-order valence-electron chi connectivity index (χ1n) is 7.27. The van der Waals surface area contributed by atoms with Crippen LogP contribution in [0.4, 0.5) is 5.69 Å². The van der Waals surface area contributed by atoms with Gasteiger partial charge in [0, 0.05) is 29.1 Å². The minimum Gasteiger partial charge on any atom is -0.365 e. The molecule has 0 radical (unpaired) electrons. The van der Waals surface area contributed by atoms with E-state index in [-0.39, 0.29) is 5.54 Å². The lowest BCUT2D eigenvalue weighted by Gasteiger charge is -2.47. The topological polar surface area (TPSA) is 15.3 Å². The zero-order valence-corrected chi connectivity index (χ0v) is 13.6. The lowest BCUT2D eigenvalue weighted by molar-refractivity contribution is 0.260. The van der Waals surface area contributed by atoms with Crippen molar-refractivity contribution in [3.8, 4) is 0 Å². The van der Waals surface area contributed by atoms with Gasteiger partial charge in [0.15, 0.2) is 0 Å². The maximum Gasteiger partial charge on any atom is 0.0516 e. The third kappa shape index (κ3) is 2.55. The zero-order chi connectivity index (χ0) is 13.6. The van der Waals surface area contributed by atoms with E-state index in [2.05, 4.69) is 65.1 Å². The van der Waals surface area contributed by atoms with Crippen molar-refractivity contribution in [3.63, 3.8) is 0 Å². The van der Waals surface area contributed by atoms with E-state index < -0.39 is 0 Å². The average molecular weight is 323 g/mol. The van der Waals surface area contributed by atoms with Gasteiger partial charge in [0.25, 0.3) is 0 Å². The van der Waals surface area contributed by atoms with Crippen LogP contribution < -0.4 is 10.2 Å². The molecule has 3 heteroatoms. The van der Waals surface area contributed by atoms with E-state index in [0.29, 0.717) is 6.04 Å². The number of nitrogens with one attached hydrogen (secondary N) is 1. The van der Waals surface area contributed by atoms with Crippen LogP contribution >= 0.6 is 15.9 Å². The monoisotopic (exact) mass is 322 g/mol. The predicted molar refractivity (Wildman–Crippen MR) is 84.8 cm³/mol. The molecule has 3 rings (SSSR count). The second kappa shape index (κ2) is 4.78. The van der Waals surface area contributed by atoms with Crippen molar-refractivity contribution < 1.29 is 0 Å². The highest BCUT2D eigenvalue weighted by Crippen LogP contribution is 2.42. The Morgan fingerprint density at radius 3 is 2.79 bits per heavy atom. The van der Waals surface area contributed by atoms with Crippen LogP contribution in [-0.2, 0) is 0 Å². The first-order valence-corrected chi connectivity index (χ1v) is 8.07. The molecule has 0 bridgehead atoms. The lowest BCUT2D eigenvalue weighted by Crippen LogP contribution is -2.63. The summed E-state index contributed by atoms with van der Waals surface area (Å²) >= 11 is 3.72. The third-order valence-corrected chi connectivity index (χ3v) is 5.39. The van der Waals surface area contributed by atoms with Crippen molar-refractivity contribution >= 4 is 21.6 Å². The highest BCUT2D eigenvalue weighted by atomic mass is 79.9. The predicted octanol–water partition coefficient (Wildman–Crippen LogP) is 3.72. The normalized spacial score (nSPS) is 31.6. The molecule has 2 atom stereocenters. The van der Waals surface area contributed by atoms with Gasteiger partial charge in [0.2, 0.25) is 0 Å². The van der Waals surface area contributed by atoms with Gasteiger partial charge >= 0.3 is 0 Å². The molecule has 1 saturated heterocycles. The number of piperazine rings is 1. The van der Waals surface area contributed by atoms with Crippen molar-refractivity contribution in [3.05, 3.63) is 28.2 Å². The molecule has 1 aliphatic carbocycles. The van der Waals surface area contributed by atoms with E-state index in [9.17, 15) is 0 Å². The Balaban J connectivity index is 1.90. The van der Waals surface area contributed by atoms with Crippen LogP contribution in [0.25, 0.3) is 0 Å². The van der Waals surface area contributed by atoms with E-state index in [0.717, 1.165) is 19.0 Å². The second-order valence-corrected chi connectivity index (χ2v) is 7.36. The molecule has 1 aliphatic heterocycles. The molecule has 19 heavy (non-hydrogen) atoms. The van der Waals surface area contributed by atoms with E-state index in [1.165, 1.54) is 28.6 Å². The molecule has 2 unspecified atom stereocenters. The molecule has 2 nitrogen and oxygen atoms in total. The zero-order valence-electron chi connectivity index (χ0n) is 12.0. The SMILES string of the molecule is Cc1ccc(Br)c(N2CC(C)(C3CC3)NCC2C)c1. The molecule has 1 N–H and O–H groups in total. The lowest BCUT2D eigenvalue weighted by atomic mass is 9.90. The Bertz CT molecular complexity index is 484. The van der Waals surface area contributed by atoms with Crippen LogP contribution in [0.3, 0.4) is 0 Å². The number of halogens is 1. The van der Waals surface area contributed by atoms with E-state index in [1.807, 2.05) is 0 Å². The van der Waals surface area contributed by atoms with Gasteiger partial charge in [0.1, 0.15) is 0 Å². The van der Waals surface area contributed by atoms with Crippen molar-refractivity contribution in [2.45, 2.75) is 45.2 Å². The summed E-state index contributed by atoms with van der Waals surface area (Å²) in [5, 5.41) is 3.78. The summed E-state index contributed by atoms with van der Waals surface area (Å²) in [6, 6.07) is 7.19. The molecule has 1 aromatic carbocycles. The fourth-order valence-corrected chi connectivity index (χ4v) is 3.69. The van der Waals surface area contributed by atoms with Crippen molar-refractivity contribution in [2.75, 3.05) is 18.0 Å². The Labute approximate surface area is 124 Å². The van der Waals surface area contributed by atoms with Gasteiger partial charge in [-0.25, -0.2) is 0 Å². The van der Waals surface area contributed by atoms with Crippen molar-refractivity contribution in [1.29, 1.82) is 0 Å². The molecular formula is C16H23BrN2. The van der Waals surface area contributed by atoms with Gasteiger partial charge in [-0.05, 0) is 73.2 Å². The standard InChI is InChI=1S/C16H23BrN2/c1-11-4-7-14(17)15(8-11)19-10-16(3,13-5-6-13)18-9-12(19)2/h4,7-8,12-13,18H,5-6,9-10H2,1-3H3. The number of benzene rings is 1. The number of nitrogens with zero attached hydrogens (tertiary/aromatic N) is 1. The Morgan fingerprint density at radius 2 is 2.11 bits per heavy atom. The first kappa shape index (κ1) is 13.4. The number of aryl methyl sites for hydroxylation is 1. The second-order valence-electron chi connectivity index (χ2n) is 6.50. The minimum absolute atomic E-state index is 0.287.